The van der Waals surface area contributed by atoms with Crippen LogP contribution in [0.2, 0.25) is 0 Å². The van der Waals surface area contributed by atoms with Crippen LogP contribution in [0.25, 0.3) is 0 Å². The van der Waals surface area contributed by atoms with Crippen molar-refractivity contribution < 1.29 is 22.8 Å². The molecule has 1 saturated heterocycles. The Hall–Kier alpha value is -3.31. The number of piperidine rings is 1. The molecule has 11 heteroatoms. The van der Waals surface area contributed by atoms with E-state index in [4.69, 9.17) is 0 Å². The molecule has 0 atom stereocenters. The number of hydrogen-bond acceptors (Lipinski definition) is 6. The molecule has 1 fully saturated rings. The van der Waals surface area contributed by atoms with Crippen LogP contribution in [0.5, 0.6) is 0 Å². The van der Waals surface area contributed by atoms with Gasteiger partial charge in [0, 0.05) is 50.3 Å². The molecule has 3 rings (SSSR count). The number of nitrogens with one attached hydrogen (secondary N) is 3. The number of carbonyl (C=O) groups excluding carboxylic acids is 3. The maximum Gasteiger partial charge on any atom is 0.313 e. The Morgan fingerprint density at radius 2 is 1.72 bits per heavy atom. The predicted molar refractivity (Wildman–Crippen MR) is 118 cm³/mol. The normalized spacial score (nSPS) is 15.0. The van der Waals surface area contributed by atoms with E-state index in [2.05, 4.69) is 20.9 Å². The first kappa shape index (κ1) is 23.4. The van der Waals surface area contributed by atoms with E-state index in [-0.39, 0.29) is 23.3 Å². The van der Waals surface area contributed by atoms with Crippen LogP contribution in [-0.2, 0) is 24.4 Å². The zero-order valence-electron chi connectivity index (χ0n) is 17.6. The average Bonchev–Trinajstić information content (AvgIpc) is 2.78. The first-order chi connectivity index (χ1) is 15.3. The van der Waals surface area contributed by atoms with Gasteiger partial charge < -0.3 is 16.0 Å². The van der Waals surface area contributed by atoms with E-state index in [9.17, 15) is 22.8 Å². The van der Waals surface area contributed by atoms with E-state index in [1.54, 1.807) is 30.3 Å². The van der Waals surface area contributed by atoms with Gasteiger partial charge in [0.2, 0.25) is 15.9 Å². The zero-order chi connectivity index (χ0) is 23.1. The number of amides is 3. The van der Waals surface area contributed by atoms with Crippen molar-refractivity contribution in [2.24, 2.45) is 5.92 Å². The highest BCUT2D eigenvalue weighted by Gasteiger charge is 2.29. The number of aromatic nitrogens is 1. The molecule has 0 bridgehead atoms. The molecule has 1 aromatic heterocycles. The van der Waals surface area contributed by atoms with Crippen molar-refractivity contribution in [3.05, 3.63) is 48.8 Å². The molecule has 0 saturated carbocycles. The summed E-state index contributed by atoms with van der Waals surface area (Å²) >= 11 is 0. The summed E-state index contributed by atoms with van der Waals surface area (Å²) in [5, 5.41) is 7.70. The topological polar surface area (TPSA) is 138 Å². The first-order valence-electron chi connectivity index (χ1n) is 10.1. The third-order valence-electron chi connectivity index (χ3n) is 5.04. The first-order valence-corrected chi connectivity index (χ1v) is 11.6. The fraction of sp³-hybridized carbons (Fsp3) is 0.333. The highest BCUT2D eigenvalue weighted by molar-refractivity contribution is 7.89. The summed E-state index contributed by atoms with van der Waals surface area (Å²) < 4.78 is 26.7. The molecule has 0 unspecified atom stereocenters. The van der Waals surface area contributed by atoms with Gasteiger partial charge in [0.15, 0.2) is 0 Å². The molecular weight excluding hydrogens is 434 g/mol. The molecule has 1 aliphatic heterocycles. The van der Waals surface area contributed by atoms with E-state index in [0.29, 0.717) is 37.3 Å². The summed E-state index contributed by atoms with van der Waals surface area (Å²) in [6, 6.07) is 9.56. The van der Waals surface area contributed by atoms with Crippen LogP contribution in [0.1, 0.15) is 19.8 Å². The molecule has 0 radical (unpaired) electrons. The highest BCUT2D eigenvalue weighted by atomic mass is 32.2. The summed E-state index contributed by atoms with van der Waals surface area (Å²) in [7, 11) is -3.58. The van der Waals surface area contributed by atoms with Gasteiger partial charge in [-0.25, -0.2) is 8.42 Å². The van der Waals surface area contributed by atoms with Crippen molar-refractivity contribution in [3.63, 3.8) is 0 Å². The van der Waals surface area contributed by atoms with E-state index >= 15 is 0 Å². The summed E-state index contributed by atoms with van der Waals surface area (Å²) in [5.41, 5.74) is 0.883. The van der Waals surface area contributed by atoms with Crippen molar-refractivity contribution in [3.8, 4) is 0 Å². The SMILES string of the molecule is CC(=O)Nc1cccc(NC(=O)C(=O)NCC2CCN(S(=O)(=O)c3cccnc3)CC2)c1. The third kappa shape index (κ3) is 6.11. The second kappa shape index (κ2) is 10.3. The molecule has 170 valence electrons. The Morgan fingerprint density at radius 3 is 2.34 bits per heavy atom. The number of rotatable bonds is 6. The molecule has 3 N–H and O–H groups in total. The zero-order valence-corrected chi connectivity index (χ0v) is 18.4. The number of benzene rings is 1. The Kier molecular flexibility index (Phi) is 7.54. The largest absolute Gasteiger partial charge is 0.348 e. The van der Waals surface area contributed by atoms with Gasteiger partial charge in [-0.15, -0.1) is 0 Å². The second-order valence-electron chi connectivity index (χ2n) is 7.46. The molecule has 0 aliphatic carbocycles. The van der Waals surface area contributed by atoms with Crippen LogP contribution in [0.15, 0.2) is 53.7 Å². The average molecular weight is 460 g/mol. The molecule has 10 nitrogen and oxygen atoms in total. The summed E-state index contributed by atoms with van der Waals surface area (Å²) in [6.07, 6.45) is 3.98. The summed E-state index contributed by atoms with van der Waals surface area (Å²) in [6.45, 7) is 2.32. The van der Waals surface area contributed by atoms with Gasteiger partial charge >= 0.3 is 11.8 Å². The van der Waals surface area contributed by atoms with Crippen molar-refractivity contribution in [2.75, 3.05) is 30.3 Å². The van der Waals surface area contributed by atoms with Crippen molar-refractivity contribution in [1.29, 1.82) is 0 Å². The molecule has 0 spiro atoms. The van der Waals surface area contributed by atoms with Gasteiger partial charge in [-0.3, -0.25) is 19.4 Å². The molecule has 32 heavy (non-hydrogen) atoms. The molecular formula is C21H25N5O5S. The summed E-state index contributed by atoms with van der Waals surface area (Å²) in [4.78, 5) is 39.5. The Morgan fingerprint density at radius 1 is 1.03 bits per heavy atom. The van der Waals surface area contributed by atoms with E-state index < -0.39 is 21.8 Å². The lowest BCUT2D eigenvalue weighted by Gasteiger charge is -2.31. The number of pyridine rings is 1. The van der Waals surface area contributed by atoms with Gasteiger partial charge in [0.05, 0.1) is 0 Å². The van der Waals surface area contributed by atoms with E-state index in [1.807, 2.05) is 0 Å². The maximum atomic E-state index is 12.6. The van der Waals surface area contributed by atoms with E-state index in [1.165, 1.54) is 29.7 Å². The monoisotopic (exact) mass is 459 g/mol. The molecule has 1 aromatic carbocycles. The lowest BCUT2D eigenvalue weighted by atomic mass is 9.98. The van der Waals surface area contributed by atoms with Crippen molar-refractivity contribution in [1.82, 2.24) is 14.6 Å². The molecule has 1 aliphatic rings. The van der Waals surface area contributed by atoms with Crippen LogP contribution < -0.4 is 16.0 Å². The fourth-order valence-corrected chi connectivity index (χ4v) is 4.82. The Bertz CT molecular complexity index is 1080. The van der Waals surface area contributed by atoms with Crippen LogP contribution in [0.4, 0.5) is 11.4 Å². The summed E-state index contributed by atoms with van der Waals surface area (Å²) in [5.74, 6) is -1.78. The van der Waals surface area contributed by atoms with Gasteiger partial charge in [-0.2, -0.15) is 4.31 Å². The lowest BCUT2D eigenvalue weighted by molar-refractivity contribution is -0.136. The lowest BCUT2D eigenvalue weighted by Crippen LogP contribution is -2.43. The number of hydrogen-bond donors (Lipinski definition) is 3. The van der Waals surface area contributed by atoms with Crippen molar-refractivity contribution >= 4 is 39.1 Å². The van der Waals surface area contributed by atoms with E-state index in [0.717, 1.165) is 0 Å². The van der Waals surface area contributed by atoms with Gasteiger partial charge in [0.1, 0.15) is 4.90 Å². The maximum absolute atomic E-state index is 12.6. The molecule has 2 heterocycles. The quantitative estimate of drug-likeness (QED) is 0.555. The predicted octanol–water partition coefficient (Wildman–Crippen LogP) is 1.20. The van der Waals surface area contributed by atoms with Gasteiger partial charge in [0.25, 0.3) is 0 Å². The Labute approximate surface area is 186 Å². The smallest absolute Gasteiger partial charge is 0.313 e. The second-order valence-corrected chi connectivity index (χ2v) is 9.40. The molecule has 2 aromatic rings. The minimum absolute atomic E-state index is 0.0650. The number of sulfonamides is 1. The molecule has 3 amide bonds. The fourth-order valence-electron chi connectivity index (χ4n) is 3.39. The van der Waals surface area contributed by atoms with Crippen LogP contribution in [0, 0.1) is 5.92 Å². The number of carbonyl (C=O) groups is 3. The number of anilines is 2. The minimum Gasteiger partial charge on any atom is -0.348 e. The van der Waals surface area contributed by atoms with Crippen molar-refractivity contribution in [2.45, 2.75) is 24.7 Å². The van der Waals surface area contributed by atoms with Gasteiger partial charge in [-0.05, 0) is 49.1 Å². The third-order valence-corrected chi connectivity index (χ3v) is 6.93. The van der Waals surface area contributed by atoms with Gasteiger partial charge in [-0.1, -0.05) is 6.07 Å². The number of nitrogens with zero attached hydrogens (tertiary/aromatic N) is 2. The van der Waals surface area contributed by atoms with Crippen LogP contribution >= 0.6 is 0 Å². The van der Waals surface area contributed by atoms with Crippen LogP contribution in [-0.4, -0.2) is 55.1 Å². The highest BCUT2D eigenvalue weighted by Crippen LogP contribution is 2.23. The minimum atomic E-state index is -3.58. The Balaban J connectivity index is 1.46. The van der Waals surface area contributed by atoms with Crippen LogP contribution in [0.3, 0.4) is 0 Å². The standard InChI is InChI=1S/C21H25N5O5S/c1-15(27)24-17-4-2-5-18(12-17)25-21(29)20(28)23-13-16-7-10-26(11-8-16)32(30,31)19-6-3-9-22-14-19/h2-6,9,12,14,16H,7-8,10-11,13H2,1H3,(H,23,28)(H,24,27)(H,25,29).